The van der Waals surface area contributed by atoms with Gasteiger partial charge in [-0.05, 0) is 109 Å². The quantitative estimate of drug-likeness (QED) is 0.369. The number of carbonyl (C=O) groups excluding carboxylic acids is 3. The van der Waals surface area contributed by atoms with E-state index in [-0.39, 0.29) is 30.5 Å². The number of aliphatic hydroxyl groups is 1. The zero-order valence-corrected chi connectivity index (χ0v) is 28.2. The third-order valence-electron chi connectivity index (χ3n) is 7.25. The van der Waals surface area contributed by atoms with Gasteiger partial charge in [-0.3, -0.25) is 9.69 Å². The molecule has 2 aromatic rings. The fourth-order valence-corrected chi connectivity index (χ4v) is 5.43. The Kier molecular flexibility index (Phi) is 12.5. The Morgan fingerprint density at radius 2 is 1.18 bits per heavy atom. The number of Topliss-reactive ketones (excluding diaryl/α,β-unsaturated/α-hetero) is 1. The molecule has 242 valence electrons. The van der Waals surface area contributed by atoms with Crippen LogP contribution >= 0.6 is 23.2 Å². The van der Waals surface area contributed by atoms with Crippen LogP contribution in [-0.2, 0) is 27.1 Å². The maximum Gasteiger partial charge on any atom is 0.410 e. The number of hydrogen-bond donors (Lipinski definition) is 1. The summed E-state index contributed by atoms with van der Waals surface area (Å²) < 4.78 is 10.9. The summed E-state index contributed by atoms with van der Waals surface area (Å²) in [6, 6.07) is 15.2. The van der Waals surface area contributed by atoms with Gasteiger partial charge in [-0.15, -0.1) is 0 Å². The van der Waals surface area contributed by atoms with Crippen molar-refractivity contribution in [1.82, 2.24) is 9.80 Å². The third-order valence-corrected chi connectivity index (χ3v) is 7.75. The molecule has 0 aliphatic carbocycles. The van der Waals surface area contributed by atoms with Crippen LogP contribution in [0.3, 0.4) is 0 Å². The van der Waals surface area contributed by atoms with E-state index >= 15 is 0 Å². The molecule has 2 amide bonds. The molecule has 3 atom stereocenters. The number of likely N-dealkylation sites (tertiary alicyclic amines) is 2. The number of halogens is 2. The summed E-state index contributed by atoms with van der Waals surface area (Å²) in [5.41, 5.74) is 1.11. The molecule has 0 aromatic heterocycles. The van der Waals surface area contributed by atoms with E-state index in [2.05, 4.69) is 0 Å². The largest absolute Gasteiger partial charge is 0.444 e. The molecule has 0 bridgehead atoms. The zero-order valence-electron chi connectivity index (χ0n) is 26.6. The van der Waals surface area contributed by atoms with Crippen molar-refractivity contribution >= 4 is 41.2 Å². The molecule has 1 N–H and O–H groups in total. The van der Waals surface area contributed by atoms with Gasteiger partial charge < -0.3 is 19.5 Å². The highest BCUT2D eigenvalue weighted by Gasteiger charge is 2.35. The van der Waals surface area contributed by atoms with Crippen molar-refractivity contribution in [3.05, 3.63) is 69.7 Å². The minimum Gasteiger partial charge on any atom is -0.444 e. The second kappa shape index (κ2) is 15.5. The molecular weight excluding hydrogens is 603 g/mol. The lowest BCUT2D eigenvalue weighted by Gasteiger charge is -2.38. The smallest absolute Gasteiger partial charge is 0.410 e. The van der Waals surface area contributed by atoms with E-state index in [9.17, 15) is 19.5 Å². The second-order valence-corrected chi connectivity index (χ2v) is 14.4. The van der Waals surface area contributed by atoms with Crippen LogP contribution in [0.25, 0.3) is 0 Å². The molecule has 2 aliphatic heterocycles. The summed E-state index contributed by atoms with van der Waals surface area (Å²) in [7, 11) is 0. The number of nitrogens with zero attached hydrogens (tertiary/aromatic N) is 2. The number of hydrogen-bond acceptors (Lipinski definition) is 6. The van der Waals surface area contributed by atoms with Crippen LogP contribution < -0.4 is 0 Å². The van der Waals surface area contributed by atoms with Crippen molar-refractivity contribution in [2.75, 3.05) is 13.1 Å². The van der Waals surface area contributed by atoms with E-state index < -0.39 is 23.4 Å². The first kappa shape index (κ1) is 35.7. The number of benzene rings is 2. The third kappa shape index (κ3) is 11.9. The summed E-state index contributed by atoms with van der Waals surface area (Å²) in [5.74, 6) is 0.0817. The Bertz CT molecular complexity index is 1250. The maximum absolute atomic E-state index is 12.4. The minimum absolute atomic E-state index is 0.0197. The van der Waals surface area contributed by atoms with Crippen molar-refractivity contribution in [1.29, 1.82) is 0 Å². The Hall–Kier alpha value is -2.81. The van der Waals surface area contributed by atoms with Gasteiger partial charge in [-0.25, -0.2) is 9.59 Å². The molecule has 2 saturated heterocycles. The number of ketones is 1. The van der Waals surface area contributed by atoms with Crippen LogP contribution in [0, 0.1) is 0 Å². The minimum atomic E-state index is -0.567. The van der Waals surface area contributed by atoms with Crippen molar-refractivity contribution in [3.63, 3.8) is 0 Å². The molecule has 0 unspecified atom stereocenters. The van der Waals surface area contributed by atoms with Gasteiger partial charge in [0.2, 0.25) is 0 Å². The van der Waals surface area contributed by atoms with Crippen molar-refractivity contribution in [2.24, 2.45) is 0 Å². The molecule has 2 aromatic carbocycles. The normalized spacial score (nSPS) is 20.8. The number of carbonyl (C=O) groups is 3. The molecule has 0 radical (unpaired) electrons. The molecule has 0 spiro atoms. The van der Waals surface area contributed by atoms with Gasteiger partial charge in [-0.1, -0.05) is 47.5 Å². The highest BCUT2D eigenvalue weighted by molar-refractivity contribution is 6.30. The van der Waals surface area contributed by atoms with E-state index in [1.54, 1.807) is 9.80 Å². The lowest BCUT2D eigenvalue weighted by Crippen LogP contribution is -2.51. The molecule has 4 rings (SSSR count). The van der Waals surface area contributed by atoms with Crippen molar-refractivity contribution in [3.8, 4) is 0 Å². The average molecular weight is 650 g/mol. The Morgan fingerprint density at radius 1 is 0.750 bits per heavy atom. The lowest BCUT2D eigenvalue weighted by atomic mass is 9.95. The summed E-state index contributed by atoms with van der Waals surface area (Å²) in [6.07, 6.45) is 2.84. The van der Waals surface area contributed by atoms with Crippen LogP contribution in [0.15, 0.2) is 48.5 Å². The molecular formula is C34H46Cl2N2O6. The van der Waals surface area contributed by atoms with Gasteiger partial charge in [-0.2, -0.15) is 0 Å². The van der Waals surface area contributed by atoms with Crippen molar-refractivity contribution in [2.45, 2.75) is 109 Å². The molecule has 8 nitrogen and oxygen atoms in total. The van der Waals surface area contributed by atoms with Crippen molar-refractivity contribution < 1.29 is 29.0 Å². The van der Waals surface area contributed by atoms with Gasteiger partial charge in [0.05, 0.1) is 19.2 Å². The lowest BCUT2D eigenvalue weighted by molar-refractivity contribution is -0.123. The fourth-order valence-electron chi connectivity index (χ4n) is 5.18. The van der Waals surface area contributed by atoms with E-state index in [4.69, 9.17) is 32.7 Å². The van der Waals surface area contributed by atoms with E-state index in [1.165, 1.54) is 0 Å². The first-order valence-electron chi connectivity index (χ1n) is 15.2. The van der Waals surface area contributed by atoms with Crippen LogP contribution in [0.2, 0.25) is 10.0 Å². The second-order valence-electron chi connectivity index (χ2n) is 13.5. The van der Waals surface area contributed by atoms with Gasteiger partial charge >= 0.3 is 12.2 Å². The molecule has 2 fully saturated rings. The number of ether oxygens (including phenoxy) is 2. The summed E-state index contributed by atoms with van der Waals surface area (Å²) in [4.78, 5) is 39.7. The van der Waals surface area contributed by atoms with Crippen LogP contribution in [0.1, 0.15) is 78.4 Å². The van der Waals surface area contributed by atoms with Crippen LogP contribution in [0.5, 0.6) is 0 Å². The van der Waals surface area contributed by atoms with Gasteiger partial charge in [0.1, 0.15) is 11.2 Å². The predicted octanol–water partition coefficient (Wildman–Crippen LogP) is 7.49. The molecule has 2 heterocycles. The summed E-state index contributed by atoms with van der Waals surface area (Å²) >= 11 is 11.8. The molecule has 44 heavy (non-hydrogen) atoms. The topological polar surface area (TPSA) is 96.4 Å². The number of amides is 2. The van der Waals surface area contributed by atoms with Crippen LogP contribution in [0.4, 0.5) is 9.59 Å². The van der Waals surface area contributed by atoms with Crippen LogP contribution in [-0.4, -0.2) is 75.4 Å². The maximum atomic E-state index is 12.4. The van der Waals surface area contributed by atoms with E-state index in [0.29, 0.717) is 42.3 Å². The van der Waals surface area contributed by atoms with Gasteiger partial charge in [0.15, 0.2) is 5.78 Å². The first-order valence-corrected chi connectivity index (χ1v) is 15.9. The highest BCUT2D eigenvalue weighted by atomic mass is 35.5. The van der Waals surface area contributed by atoms with E-state index in [1.807, 2.05) is 90.1 Å². The fraction of sp³-hybridized carbons (Fsp3) is 0.559. The number of aliphatic hydroxyl groups excluding tert-OH is 1. The first-order chi connectivity index (χ1) is 20.5. The molecule has 10 heteroatoms. The predicted molar refractivity (Wildman–Crippen MR) is 173 cm³/mol. The Balaban J connectivity index is 0.000000240. The number of piperidine rings is 2. The standard InChI is InChI=1S/C17H24ClNO3.C17H22ClNO3/c2*1-17(2,3)22-16(21)19-11-15(20)9-8-14(19)10-12-4-6-13(18)7-5-12/h4-7,14-15,20H,8-11H2,1-3H3;4-7,14H,8-11H2,1-3H3/t14-,15-;14-/m11/s1. The number of β-amino-alcohol motifs (C(OH)–C–C–N with tert-alkyl or cyclic N) is 1. The SMILES string of the molecule is CC(C)(C)OC(=O)N1CC(=O)CC[C@@H]1Cc1ccc(Cl)cc1.CC(C)(C)OC(=O)N1C[C@H](O)CC[C@@H]1Cc1ccc(Cl)cc1. The molecule has 0 saturated carbocycles. The van der Waals surface area contributed by atoms with Gasteiger partial charge in [0, 0.05) is 28.5 Å². The Morgan fingerprint density at radius 3 is 1.64 bits per heavy atom. The highest BCUT2D eigenvalue weighted by Crippen LogP contribution is 2.25. The zero-order chi connectivity index (χ0) is 32.7. The molecule has 2 aliphatic rings. The monoisotopic (exact) mass is 648 g/mol. The van der Waals surface area contributed by atoms with Gasteiger partial charge in [0.25, 0.3) is 0 Å². The Labute approximate surface area is 271 Å². The summed E-state index contributed by atoms with van der Waals surface area (Å²) in [6.45, 7) is 11.5. The number of rotatable bonds is 4. The van der Waals surface area contributed by atoms with E-state index in [0.717, 1.165) is 24.0 Å². The summed E-state index contributed by atoms with van der Waals surface area (Å²) in [5, 5.41) is 11.3. The average Bonchev–Trinajstić information content (AvgIpc) is 2.91.